The van der Waals surface area contributed by atoms with Crippen LogP contribution in [0, 0.1) is 0 Å². The highest BCUT2D eigenvalue weighted by molar-refractivity contribution is 5.92. The summed E-state index contributed by atoms with van der Waals surface area (Å²) in [5.41, 5.74) is 3.14. The minimum absolute atomic E-state index is 0.278. The summed E-state index contributed by atoms with van der Waals surface area (Å²) in [7, 11) is 3.27. The van der Waals surface area contributed by atoms with Crippen molar-refractivity contribution in [3.05, 3.63) is 71.3 Å². The van der Waals surface area contributed by atoms with E-state index in [2.05, 4.69) is 20.6 Å². The van der Waals surface area contributed by atoms with Gasteiger partial charge >= 0.3 is 0 Å². The number of aliphatic hydroxyl groups excluding tert-OH is 2. The molecular weight excluding hydrogens is 484 g/mol. The molecule has 2 atom stereocenters. The largest absolute Gasteiger partial charge is 0.497 e. The smallest absolute Gasteiger partial charge is 0.156 e. The lowest BCUT2D eigenvalue weighted by molar-refractivity contribution is 0.192. The summed E-state index contributed by atoms with van der Waals surface area (Å²) in [4.78, 5) is 18.8. The predicted octanol–water partition coefficient (Wildman–Crippen LogP) is 3.51. The van der Waals surface area contributed by atoms with Gasteiger partial charge in [-0.2, -0.15) is 0 Å². The zero-order valence-electron chi connectivity index (χ0n) is 22.1. The average molecular weight is 519 g/mol. The molecule has 2 unspecified atom stereocenters. The molecule has 0 aliphatic carbocycles. The molecule has 0 radical (unpaired) electrons. The van der Waals surface area contributed by atoms with Crippen LogP contribution in [-0.4, -0.2) is 56.6 Å². The van der Waals surface area contributed by atoms with E-state index in [-0.39, 0.29) is 12.8 Å². The molecule has 10 nitrogen and oxygen atoms in total. The van der Waals surface area contributed by atoms with Crippen molar-refractivity contribution in [2.24, 2.45) is 0 Å². The number of nitrogens with zero attached hydrogens (tertiary/aromatic N) is 4. The zero-order chi connectivity index (χ0) is 27.1. The number of hydrogen-bond donors (Lipinski definition) is 4. The number of rotatable bonds is 12. The van der Waals surface area contributed by atoms with E-state index in [1.165, 1.54) is 0 Å². The van der Waals surface area contributed by atoms with E-state index in [0.29, 0.717) is 47.4 Å². The van der Waals surface area contributed by atoms with Gasteiger partial charge in [0.15, 0.2) is 11.6 Å². The van der Waals surface area contributed by atoms with Crippen LogP contribution in [0.5, 0.6) is 11.5 Å². The summed E-state index contributed by atoms with van der Waals surface area (Å²) >= 11 is 0. The fraction of sp³-hybridized carbons (Fsp3) is 0.357. The normalized spacial score (nSPS) is 12.7. The first kappa shape index (κ1) is 27.0. The van der Waals surface area contributed by atoms with Gasteiger partial charge in [0.1, 0.15) is 34.2 Å². The maximum absolute atomic E-state index is 10.0. The number of ether oxygens (including phenoxy) is 2. The van der Waals surface area contributed by atoms with Crippen LogP contribution in [0.3, 0.4) is 0 Å². The number of anilines is 2. The number of hydrogen-bond acceptors (Lipinski definition) is 10. The van der Waals surface area contributed by atoms with Crippen molar-refractivity contribution in [2.75, 3.05) is 24.9 Å². The molecule has 0 saturated carbocycles. The molecule has 4 N–H and O–H groups in total. The van der Waals surface area contributed by atoms with Crippen LogP contribution in [0.4, 0.5) is 11.6 Å². The summed E-state index contributed by atoms with van der Waals surface area (Å²) in [5.74, 6) is 3.58. The third kappa shape index (κ3) is 7.05. The first-order valence-electron chi connectivity index (χ1n) is 12.5. The van der Waals surface area contributed by atoms with Gasteiger partial charge in [0, 0.05) is 25.9 Å². The second-order valence-corrected chi connectivity index (χ2v) is 9.18. The molecule has 0 bridgehead atoms. The topological polar surface area (TPSA) is 135 Å². The van der Waals surface area contributed by atoms with Crippen LogP contribution in [0.15, 0.2) is 48.5 Å². The Morgan fingerprint density at radius 1 is 0.632 bits per heavy atom. The number of methoxy groups -OCH3 is 2. The fourth-order valence-electron chi connectivity index (χ4n) is 3.92. The second kappa shape index (κ2) is 12.5. The summed E-state index contributed by atoms with van der Waals surface area (Å²) in [6.45, 7) is 4.38. The predicted molar refractivity (Wildman–Crippen MR) is 147 cm³/mol. The van der Waals surface area contributed by atoms with E-state index in [9.17, 15) is 10.2 Å². The van der Waals surface area contributed by atoms with E-state index < -0.39 is 12.2 Å². The molecule has 2 aromatic heterocycles. The van der Waals surface area contributed by atoms with Crippen LogP contribution < -0.4 is 20.1 Å². The fourth-order valence-corrected chi connectivity index (χ4v) is 3.92. The van der Waals surface area contributed by atoms with Gasteiger partial charge < -0.3 is 30.3 Å². The Kier molecular flexibility index (Phi) is 8.88. The van der Waals surface area contributed by atoms with Crippen molar-refractivity contribution in [2.45, 2.75) is 52.0 Å². The summed E-state index contributed by atoms with van der Waals surface area (Å²) in [6, 6.07) is 15.5. The average Bonchev–Trinajstić information content (AvgIpc) is 2.90. The zero-order valence-corrected chi connectivity index (χ0v) is 22.1. The van der Waals surface area contributed by atoms with E-state index in [4.69, 9.17) is 19.4 Å². The van der Waals surface area contributed by atoms with Crippen molar-refractivity contribution in [1.82, 2.24) is 19.9 Å². The number of aromatic nitrogens is 4. The minimum atomic E-state index is -0.618. The first-order valence-corrected chi connectivity index (χ1v) is 12.5. The SMILES string of the molecule is COc1ccc(CNc2nc(CC(C)O)nc3c(NCc4ccc(OC)cc4)nc(CC(C)O)nc23)cc1. The Hall–Kier alpha value is -4.02. The lowest BCUT2D eigenvalue weighted by Crippen LogP contribution is -2.15. The Morgan fingerprint density at radius 3 is 1.32 bits per heavy atom. The lowest BCUT2D eigenvalue weighted by atomic mass is 10.2. The van der Waals surface area contributed by atoms with Gasteiger partial charge in [0.2, 0.25) is 0 Å². The van der Waals surface area contributed by atoms with Gasteiger partial charge in [0.25, 0.3) is 0 Å². The monoisotopic (exact) mass is 518 g/mol. The van der Waals surface area contributed by atoms with Crippen molar-refractivity contribution in [3.63, 3.8) is 0 Å². The van der Waals surface area contributed by atoms with Gasteiger partial charge in [-0.3, -0.25) is 0 Å². The molecule has 4 aromatic rings. The van der Waals surface area contributed by atoms with Gasteiger partial charge in [-0.1, -0.05) is 24.3 Å². The Labute approximate surface area is 222 Å². The van der Waals surface area contributed by atoms with Gasteiger partial charge in [-0.15, -0.1) is 0 Å². The molecule has 4 rings (SSSR count). The standard InChI is InChI=1S/C28H34N6O4/c1-17(35)13-23-31-25-26(27(33-23)29-15-19-5-9-21(37-3)10-6-19)32-24(14-18(2)36)34-28(25)30-16-20-7-11-22(38-4)12-8-20/h5-12,17-18,35-36H,13-16H2,1-4H3,(H,29,31,33)(H,30,32,34). The molecule has 2 aromatic carbocycles. The van der Waals surface area contributed by atoms with Gasteiger partial charge in [0.05, 0.1) is 26.4 Å². The quantitative estimate of drug-likeness (QED) is 0.221. The minimum Gasteiger partial charge on any atom is -0.497 e. The highest BCUT2D eigenvalue weighted by atomic mass is 16.5. The Bertz CT molecular complexity index is 1240. The highest BCUT2D eigenvalue weighted by Gasteiger charge is 2.18. The van der Waals surface area contributed by atoms with Crippen LogP contribution >= 0.6 is 0 Å². The van der Waals surface area contributed by atoms with E-state index in [1.807, 2.05) is 48.5 Å². The Morgan fingerprint density at radius 2 is 1.00 bits per heavy atom. The molecule has 0 fully saturated rings. The van der Waals surface area contributed by atoms with Gasteiger partial charge in [-0.05, 0) is 49.2 Å². The second-order valence-electron chi connectivity index (χ2n) is 9.18. The molecule has 0 aliphatic heterocycles. The van der Waals surface area contributed by atoms with Crippen LogP contribution in [0.1, 0.15) is 36.6 Å². The summed E-state index contributed by atoms with van der Waals surface area (Å²) < 4.78 is 10.5. The van der Waals surface area contributed by atoms with Crippen LogP contribution in [0.2, 0.25) is 0 Å². The van der Waals surface area contributed by atoms with E-state index >= 15 is 0 Å². The molecular formula is C28H34N6O4. The van der Waals surface area contributed by atoms with Crippen molar-refractivity contribution in [3.8, 4) is 11.5 Å². The molecule has 10 heteroatoms. The number of aliphatic hydroxyl groups is 2. The van der Waals surface area contributed by atoms with Crippen molar-refractivity contribution >= 4 is 22.7 Å². The third-order valence-corrected chi connectivity index (χ3v) is 5.83. The number of benzene rings is 2. The third-order valence-electron chi connectivity index (χ3n) is 5.83. The summed E-state index contributed by atoms with van der Waals surface area (Å²) in [5, 5.41) is 26.8. The highest BCUT2D eigenvalue weighted by Crippen LogP contribution is 2.26. The van der Waals surface area contributed by atoms with Crippen molar-refractivity contribution in [1.29, 1.82) is 0 Å². The van der Waals surface area contributed by atoms with Crippen LogP contribution in [0.25, 0.3) is 11.0 Å². The molecule has 38 heavy (non-hydrogen) atoms. The molecule has 0 aliphatic rings. The molecule has 0 amide bonds. The maximum atomic E-state index is 10.0. The maximum Gasteiger partial charge on any atom is 0.156 e. The molecule has 0 spiro atoms. The number of fused-ring (bicyclic) bond motifs is 1. The van der Waals surface area contributed by atoms with Gasteiger partial charge in [-0.25, -0.2) is 19.9 Å². The first-order chi connectivity index (χ1) is 18.3. The summed E-state index contributed by atoms with van der Waals surface area (Å²) in [6.07, 6.45) is -0.679. The Balaban J connectivity index is 1.72. The lowest BCUT2D eigenvalue weighted by Gasteiger charge is -2.16. The molecule has 0 saturated heterocycles. The van der Waals surface area contributed by atoms with E-state index in [0.717, 1.165) is 22.6 Å². The van der Waals surface area contributed by atoms with Crippen LogP contribution in [-0.2, 0) is 25.9 Å². The van der Waals surface area contributed by atoms with E-state index in [1.54, 1.807) is 28.1 Å². The molecule has 200 valence electrons. The molecule has 2 heterocycles. The van der Waals surface area contributed by atoms with Crippen molar-refractivity contribution < 1.29 is 19.7 Å². The number of nitrogens with one attached hydrogen (secondary N) is 2.